The van der Waals surface area contributed by atoms with E-state index in [2.05, 4.69) is 4.98 Å². The molecule has 1 heterocycles. The van der Waals surface area contributed by atoms with Gasteiger partial charge in [-0.1, -0.05) is 0 Å². The van der Waals surface area contributed by atoms with Crippen molar-refractivity contribution in [2.45, 2.75) is 6.54 Å². The van der Waals surface area contributed by atoms with Gasteiger partial charge in [-0.05, 0) is 12.1 Å². The second kappa shape index (κ2) is 5.40. The molecule has 1 aromatic carbocycles. The summed E-state index contributed by atoms with van der Waals surface area (Å²) in [6, 6.07) is 6.29. The third-order valence-electron chi connectivity index (χ3n) is 3.01. The van der Waals surface area contributed by atoms with Crippen LogP contribution in [-0.4, -0.2) is 21.5 Å². The molecular formula is C13H13N5O2. The van der Waals surface area contributed by atoms with E-state index >= 15 is 0 Å². The number of imidazole rings is 1. The van der Waals surface area contributed by atoms with Crippen LogP contribution in [0.2, 0.25) is 0 Å². The fourth-order valence-electron chi connectivity index (χ4n) is 1.90. The van der Waals surface area contributed by atoms with Crippen LogP contribution >= 0.6 is 0 Å². The predicted octanol–water partition coefficient (Wildman–Crippen LogP) is 1.84. The molecule has 0 atom stereocenters. The van der Waals surface area contributed by atoms with Crippen LogP contribution in [0.3, 0.4) is 0 Å². The van der Waals surface area contributed by atoms with Crippen molar-refractivity contribution in [3.8, 4) is 6.07 Å². The van der Waals surface area contributed by atoms with Crippen LogP contribution in [0, 0.1) is 21.4 Å². The lowest BCUT2D eigenvalue weighted by Gasteiger charge is -2.19. The highest BCUT2D eigenvalue weighted by Crippen LogP contribution is 2.29. The lowest BCUT2D eigenvalue weighted by Crippen LogP contribution is -2.20. The number of rotatable bonds is 4. The van der Waals surface area contributed by atoms with Gasteiger partial charge in [0.25, 0.3) is 5.69 Å². The molecule has 0 N–H and O–H groups in total. The number of hydrogen-bond acceptors (Lipinski definition) is 5. The van der Waals surface area contributed by atoms with E-state index in [0.717, 1.165) is 5.82 Å². The van der Waals surface area contributed by atoms with Gasteiger partial charge in [-0.25, -0.2) is 4.98 Å². The van der Waals surface area contributed by atoms with Crippen LogP contribution in [0.1, 0.15) is 11.4 Å². The Morgan fingerprint density at radius 1 is 1.55 bits per heavy atom. The number of nitro benzene ring substituents is 1. The first-order chi connectivity index (χ1) is 9.52. The summed E-state index contributed by atoms with van der Waals surface area (Å²) in [5.41, 5.74) is 0.759. The lowest BCUT2D eigenvalue weighted by molar-refractivity contribution is -0.384. The van der Waals surface area contributed by atoms with Crippen molar-refractivity contribution in [2.75, 3.05) is 11.9 Å². The Labute approximate surface area is 115 Å². The zero-order valence-corrected chi connectivity index (χ0v) is 11.1. The highest BCUT2D eigenvalue weighted by atomic mass is 16.6. The monoisotopic (exact) mass is 271 g/mol. The zero-order valence-electron chi connectivity index (χ0n) is 11.1. The first-order valence-corrected chi connectivity index (χ1v) is 5.89. The second-order valence-electron chi connectivity index (χ2n) is 4.38. The van der Waals surface area contributed by atoms with E-state index in [1.54, 1.807) is 18.1 Å². The van der Waals surface area contributed by atoms with Crippen molar-refractivity contribution >= 4 is 11.4 Å². The maximum atomic E-state index is 11.1. The Hall–Kier alpha value is -2.88. The lowest BCUT2D eigenvalue weighted by atomic mass is 10.1. The van der Waals surface area contributed by atoms with E-state index in [1.165, 1.54) is 18.2 Å². The van der Waals surface area contributed by atoms with Crippen molar-refractivity contribution in [3.63, 3.8) is 0 Å². The fraction of sp³-hybridized carbons (Fsp3) is 0.231. The van der Waals surface area contributed by atoms with Crippen molar-refractivity contribution in [1.82, 2.24) is 9.55 Å². The average molecular weight is 271 g/mol. The molecule has 0 spiro atoms. The average Bonchev–Trinajstić information content (AvgIpc) is 2.83. The van der Waals surface area contributed by atoms with Crippen LogP contribution in [0.5, 0.6) is 0 Å². The molecule has 0 aliphatic carbocycles. The number of hydrogen-bond donors (Lipinski definition) is 0. The molecule has 102 valence electrons. The van der Waals surface area contributed by atoms with Gasteiger partial charge in [0, 0.05) is 32.6 Å². The minimum absolute atomic E-state index is 0.0271. The standard InChI is InChI=1S/C13H13N5O2/c1-16-6-5-15-13(16)9-17(2)12-7-10(8-14)3-4-11(12)18(19)20/h3-7H,9H2,1-2H3. The maximum Gasteiger partial charge on any atom is 0.292 e. The first kappa shape index (κ1) is 13.5. The molecule has 7 nitrogen and oxygen atoms in total. The van der Waals surface area contributed by atoms with Gasteiger partial charge in [0.05, 0.1) is 23.1 Å². The Kier molecular flexibility index (Phi) is 3.66. The third-order valence-corrected chi connectivity index (χ3v) is 3.01. The van der Waals surface area contributed by atoms with Gasteiger partial charge in [-0.2, -0.15) is 5.26 Å². The normalized spacial score (nSPS) is 10.1. The molecule has 0 radical (unpaired) electrons. The second-order valence-corrected chi connectivity index (χ2v) is 4.38. The molecule has 0 saturated heterocycles. The summed E-state index contributed by atoms with van der Waals surface area (Å²) in [4.78, 5) is 16.5. The van der Waals surface area contributed by atoms with E-state index in [1.807, 2.05) is 23.9 Å². The molecule has 2 aromatic rings. The minimum Gasteiger partial charge on any atom is -0.362 e. The van der Waals surface area contributed by atoms with E-state index in [-0.39, 0.29) is 5.69 Å². The SMILES string of the molecule is CN(Cc1nccn1C)c1cc(C#N)ccc1[N+](=O)[O-]. The molecule has 0 unspecified atom stereocenters. The molecule has 0 amide bonds. The van der Waals surface area contributed by atoms with E-state index < -0.39 is 4.92 Å². The van der Waals surface area contributed by atoms with E-state index in [0.29, 0.717) is 17.8 Å². The summed E-state index contributed by atoms with van der Waals surface area (Å²) in [6.45, 7) is 0.416. The molecule has 0 aliphatic rings. The first-order valence-electron chi connectivity index (χ1n) is 5.89. The number of nitrogens with zero attached hydrogens (tertiary/aromatic N) is 5. The molecule has 20 heavy (non-hydrogen) atoms. The van der Waals surface area contributed by atoms with Crippen molar-refractivity contribution < 1.29 is 4.92 Å². The predicted molar refractivity (Wildman–Crippen MR) is 73.1 cm³/mol. The molecule has 0 saturated carbocycles. The van der Waals surface area contributed by atoms with Crippen molar-refractivity contribution in [2.24, 2.45) is 7.05 Å². The quantitative estimate of drug-likeness (QED) is 0.625. The summed E-state index contributed by atoms with van der Waals surface area (Å²) >= 11 is 0. The number of nitro groups is 1. The Morgan fingerprint density at radius 3 is 2.85 bits per heavy atom. The molecule has 1 aromatic heterocycles. The molecular weight excluding hydrogens is 258 g/mol. The zero-order chi connectivity index (χ0) is 14.7. The number of aryl methyl sites for hydroxylation is 1. The summed E-state index contributed by atoms with van der Waals surface area (Å²) in [6.07, 6.45) is 3.48. The molecule has 0 bridgehead atoms. The van der Waals surface area contributed by atoms with E-state index in [4.69, 9.17) is 5.26 Å². The summed E-state index contributed by atoms with van der Waals surface area (Å²) < 4.78 is 1.84. The highest BCUT2D eigenvalue weighted by Gasteiger charge is 2.18. The number of nitriles is 1. The van der Waals surface area contributed by atoms with Gasteiger partial charge in [0.2, 0.25) is 0 Å². The molecule has 0 fully saturated rings. The van der Waals surface area contributed by atoms with Gasteiger partial charge < -0.3 is 9.47 Å². The maximum absolute atomic E-state index is 11.1. The largest absolute Gasteiger partial charge is 0.362 e. The summed E-state index contributed by atoms with van der Waals surface area (Å²) in [5, 5.41) is 20.0. The minimum atomic E-state index is -0.453. The van der Waals surface area contributed by atoms with Crippen molar-refractivity contribution in [1.29, 1.82) is 5.26 Å². The number of aromatic nitrogens is 2. The van der Waals surface area contributed by atoms with Gasteiger partial charge in [-0.15, -0.1) is 0 Å². The van der Waals surface area contributed by atoms with Gasteiger partial charge in [0.15, 0.2) is 0 Å². The Morgan fingerprint density at radius 2 is 2.30 bits per heavy atom. The van der Waals surface area contributed by atoms with Crippen LogP contribution in [0.15, 0.2) is 30.6 Å². The van der Waals surface area contributed by atoms with Gasteiger partial charge in [-0.3, -0.25) is 10.1 Å². The van der Waals surface area contributed by atoms with Crippen molar-refractivity contribution in [3.05, 3.63) is 52.1 Å². The highest BCUT2D eigenvalue weighted by molar-refractivity contribution is 5.65. The molecule has 0 aliphatic heterocycles. The summed E-state index contributed by atoms with van der Waals surface area (Å²) in [7, 11) is 3.59. The molecule has 7 heteroatoms. The third kappa shape index (κ3) is 2.59. The number of benzene rings is 1. The fourth-order valence-corrected chi connectivity index (χ4v) is 1.90. The van der Waals surface area contributed by atoms with E-state index in [9.17, 15) is 10.1 Å². The van der Waals surface area contributed by atoms with Crippen LogP contribution in [-0.2, 0) is 13.6 Å². The van der Waals surface area contributed by atoms with Crippen LogP contribution < -0.4 is 4.90 Å². The van der Waals surface area contributed by atoms with Crippen LogP contribution in [0.4, 0.5) is 11.4 Å². The number of anilines is 1. The summed E-state index contributed by atoms with van der Waals surface area (Å²) in [5.74, 6) is 0.782. The Balaban J connectivity index is 2.37. The molecule has 2 rings (SSSR count). The smallest absolute Gasteiger partial charge is 0.292 e. The van der Waals surface area contributed by atoms with Gasteiger partial charge in [0.1, 0.15) is 11.5 Å². The topological polar surface area (TPSA) is 88.0 Å². The Bertz CT molecular complexity index is 686. The van der Waals surface area contributed by atoms with Crippen LogP contribution in [0.25, 0.3) is 0 Å². The van der Waals surface area contributed by atoms with Gasteiger partial charge >= 0.3 is 0 Å².